The van der Waals surface area contributed by atoms with Crippen molar-refractivity contribution in [3.8, 4) is 5.75 Å². The Morgan fingerprint density at radius 2 is 2.21 bits per heavy atom. The first kappa shape index (κ1) is 13.9. The van der Waals surface area contributed by atoms with Crippen molar-refractivity contribution in [2.75, 3.05) is 13.2 Å². The highest BCUT2D eigenvalue weighted by molar-refractivity contribution is 5.78. The Balaban J connectivity index is 2.30. The number of carbonyl (C=O) groups excluding carboxylic acids is 1. The van der Waals surface area contributed by atoms with E-state index in [2.05, 4.69) is 0 Å². The highest BCUT2D eigenvalue weighted by Gasteiger charge is 2.33. The maximum absolute atomic E-state index is 12.0. The molecule has 2 atom stereocenters. The van der Waals surface area contributed by atoms with Crippen molar-refractivity contribution in [2.24, 2.45) is 5.73 Å². The summed E-state index contributed by atoms with van der Waals surface area (Å²) in [4.78, 5) is 13.9. The highest BCUT2D eigenvalue weighted by atomic mass is 16.5. The van der Waals surface area contributed by atoms with Crippen molar-refractivity contribution in [2.45, 2.75) is 38.8 Å². The monoisotopic (exact) mass is 262 g/mol. The molecule has 0 saturated carbocycles. The second-order valence-corrected chi connectivity index (χ2v) is 4.83. The molecule has 104 valence electrons. The highest BCUT2D eigenvalue weighted by Crippen LogP contribution is 2.32. The predicted octanol–water partition coefficient (Wildman–Crippen LogP) is 2.10. The quantitative estimate of drug-likeness (QED) is 0.904. The molecule has 1 aliphatic rings. The number of nitrogens with two attached hydrogens (primary N) is 1. The average molecular weight is 262 g/mol. The van der Waals surface area contributed by atoms with Crippen LogP contribution in [0.5, 0.6) is 5.75 Å². The van der Waals surface area contributed by atoms with E-state index in [4.69, 9.17) is 10.5 Å². The number of likely N-dealkylation sites (N-methyl/N-ethyl adjacent to an activating group) is 1. The van der Waals surface area contributed by atoms with E-state index in [1.165, 1.54) is 0 Å². The van der Waals surface area contributed by atoms with E-state index in [9.17, 15) is 4.79 Å². The summed E-state index contributed by atoms with van der Waals surface area (Å²) in [5, 5.41) is 0. The van der Waals surface area contributed by atoms with Crippen LogP contribution in [0.3, 0.4) is 0 Å². The van der Waals surface area contributed by atoms with Gasteiger partial charge in [-0.1, -0.05) is 12.1 Å². The Morgan fingerprint density at radius 1 is 1.42 bits per heavy atom. The molecule has 1 amide bonds. The summed E-state index contributed by atoms with van der Waals surface area (Å²) < 4.78 is 5.52. The zero-order valence-electron chi connectivity index (χ0n) is 11.6. The van der Waals surface area contributed by atoms with Crippen LogP contribution in [-0.2, 0) is 4.79 Å². The summed E-state index contributed by atoms with van der Waals surface area (Å²) in [5.74, 6) is 1.03. The van der Waals surface area contributed by atoms with Crippen LogP contribution in [0.2, 0.25) is 0 Å². The zero-order chi connectivity index (χ0) is 13.8. The molecule has 4 nitrogen and oxygen atoms in total. The Morgan fingerprint density at radius 3 is 2.89 bits per heavy atom. The summed E-state index contributed by atoms with van der Waals surface area (Å²) >= 11 is 0. The Bertz CT molecular complexity index is 448. The van der Waals surface area contributed by atoms with Crippen molar-refractivity contribution >= 4 is 5.91 Å². The van der Waals surface area contributed by atoms with Crippen molar-refractivity contribution in [1.29, 1.82) is 0 Å². The number of piperidine rings is 1. The maximum Gasteiger partial charge on any atom is 0.223 e. The first-order valence-electron chi connectivity index (χ1n) is 6.95. The molecule has 0 radical (unpaired) electrons. The van der Waals surface area contributed by atoms with Crippen LogP contribution in [0.1, 0.15) is 38.3 Å². The molecule has 2 unspecified atom stereocenters. The van der Waals surface area contributed by atoms with Gasteiger partial charge >= 0.3 is 0 Å². The molecule has 1 fully saturated rings. The van der Waals surface area contributed by atoms with Crippen LogP contribution < -0.4 is 10.5 Å². The minimum absolute atomic E-state index is 0.00507. The number of benzene rings is 1. The lowest BCUT2D eigenvalue weighted by molar-refractivity contribution is -0.137. The third-order valence-electron chi connectivity index (χ3n) is 3.60. The first-order valence-corrected chi connectivity index (χ1v) is 6.95. The van der Waals surface area contributed by atoms with Crippen molar-refractivity contribution in [1.82, 2.24) is 4.90 Å². The van der Waals surface area contributed by atoms with Crippen molar-refractivity contribution < 1.29 is 9.53 Å². The average Bonchev–Trinajstić information content (AvgIpc) is 2.41. The van der Waals surface area contributed by atoms with E-state index in [1.54, 1.807) is 0 Å². The smallest absolute Gasteiger partial charge is 0.223 e. The Hall–Kier alpha value is -1.55. The lowest BCUT2D eigenvalue weighted by atomic mass is 9.90. The molecule has 1 heterocycles. The lowest BCUT2D eigenvalue weighted by Gasteiger charge is -2.39. The van der Waals surface area contributed by atoms with Gasteiger partial charge in [0.2, 0.25) is 5.91 Å². The summed E-state index contributed by atoms with van der Waals surface area (Å²) in [6, 6.07) is 7.87. The van der Waals surface area contributed by atoms with Crippen LogP contribution in [-0.4, -0.2) is 30.0 Å². The molecule has 1 aromatic rings. The van der Waals surface area contributed by atoms with Gasteiger partial charge in [-0.05, 0) is 38.0 Å². The van der Waals surface area contributed by atoms with Gasteiger partial charge in [0.15, 0.2) is 0 Å². The van der Waals surface area contributed by atoms with Crippen LogP contribution in [0.4, 0.5) is 0 Å². The fraction of sp³-hybridized carbons (Fsp3) is 0.533. The van der Waals surface area contributed by atoms with Gasteiger partial charge in [-0.3, -0.25) is 4.79 Å². The number of nitrogens with zero attached hydrogens (tertiary/aromatic N) is 1. The molecule has 19 heavy (non-hydrogen) atoms. The number of rotatable bonds is 4. The number of hydrogen-bond acceptors (Lipinski definition) is 3. The fourth-order valence-corrected chi connectivity index (χ4v) is 2.73. The molecule has 2 rings (SSSR count). The van der Waals surface area contributed by atoms with E-state index in [0.29, 0.717) is 19.6 Å². The van der Waals surface area contributed by atoms with Crippen molar-refractivity contribution in [3.63, 3.8) is 0 Å². The Labute approximate surface area is 114 Å². The van der Waals surface area contributed by atoms with Gasteiger partial charge in [-0.2, -0.15) is 0 Å². The molecule has 0 spiro atoms. The van der Waals surface area contributed by atoms with Gasteiger partial charge in [0.1, 0.15) is 5.75 Å². The minimum atomic E-state index is -0.0355. The molecular weight excluding hydrogens is 240 g/mol. The van der Waals surface area contributed by atoms with Gasteiger partial charge in [0.05, 0.1) is 12.6 Å². The van der Waals surface area contributed by atoms with E-state index in [1.807, 2.05) is 43.0 Å². The van der Waals surface area contributed by atoms with Crippen LogP contribution in [0.15, 0.2) is 24.3 Å². The normalized spacial score (nSPS) is 23.5. The number of carbonyl (C=O) groups is 1. The van der Waals surface area contributed by atoms with Gasteiger partial charge in [-0.25, -0.2) is 0 Å². The topological polar surface area (TPSA) is 55.6 Å². The van der Waals surface area contributed by atoms with Crippen LogP contribution in [0, 0.1) is 0 Å². The third-order valence-corrected chi connectivity index (χ3v) is 3.60. The summed E-state index contributed by atoms with van der Waals surface area (Å²) in [6.45, 7) is 5.28. The van der Waals surface area contributed by atoms with Crippen LogP contribution >= 0.6 is 0 Å². The summed E-state index contributed by atoms with van der Waals surface area (Å²) in [5.41, 5.74) is 7.29. The number of hydrogen-bond donors (Lipinski definition) is 1. The zero-order valence-corrected chi connectivity index (χ0v) is 11.6. The SMILES string of the molecule is CCOc1cccc(C2C(N)CCC(=O)N2CC)c1. The van der Waals surface area contributed by atoms with Crippen LogP contribution in [0.25, 0.3) is 0 Å². The molecular formula is C15H22N2O2. The van der Waals surface area contributed by atoms with Crippen molar-refractivity contribution in [3.05, 3.63) is 29.8 Å². The van der Waals surface area contributed by atoms with Gasteiger partial charge < -0.3 is 15.4 Å². The summed E-state index contributed by atoms with van der Waals surface area (Å²) in [6.07, 6.45) is 1.30. The molecule has 0 aromatic heterocycles. The lowest BCUT2D eigenvalue weighted by Crippen LogP contribution is -2.48. The number of ether oxygens (including phenoxy) is 1. The van der Waals surface area contributed by atoms with Gasteiger partial charge in [-0.15, -0.1) is 0 Å². The molecule has 0 aliphatic carbocycles. The molecule has 2 N–H and O–H groups in total. The second-order valence-electron chi connectivity index (χ2n) is 4.83. The van der Waals surface area contributed by atoms with E-state index < -0.39 is 0 Å². The minimum Gasteiger partial charge on any atom is -0.494 e. The van der Waals surface area contributed by atoms with E-state index in [-0.39, 0.29) is 18.0 Å². The standard InChI is InChI=1S/C15H22N2O2/c1-3-17-14(18)9-8-13(16)15(17)11-6-5-7-12(10-11)19-4-2/h5-7,10,13,15H,3-4,8-9,16H2,1-2H3. The third kappa shape index (κ3) is 2.89. The number of likely N-dealkylation sites (tertiary alicyclic amines) is 1. The second kappa shape index (κ2) is 6.06. The van der Waals surface area contributed by atoms with Gasteiger partial charge in [0, 0.05) is 19.0 Å². The maximum atomic E-state index is 12.0. The van der Waals surface area contributed by atoms with E-state index >= 15 is 0 Å². The van der Waals surface area contributed by atoms with E-state index in [0.717, 1.165) is 17.7 Å². The molecule has 1 saturated heterocycles. The molecule has 1 aliphatic heterocycles. The molecule has 0 bridgehead atoms. The fourth-order valence-electron chi connectivity index (χ4n) is 2.73. The first-order chi connectivity index (χ1) is 9.17. The Kier molecular flexibility index (Phi) is 4.43. The number of amides is 1. The molecule has 1 aromatic carbocycles. The molecule has 4 heteroatoms. The largest absolute Gasteiger partial charge is 0.494 e. The summed E-state index contributed by atoms with van der Waals surface area (Å²) in [7, 11) is 0. The van der Waals surface area contributed by atoms with Gasteiger partial charge in [0.25, 0.3) is 0 Å². The predicted molar refractivity (Wildman–Crippen MR) is 74.9 cm³/mol.